The lowest BCUT2D eigenvalue weighted by Crippen LogP contribution is -2.34. The first-order chi connectivity index (χ1) is 8.31. The van der Waals surface area contributed by atoms with Gasteiger partial charge in [-0.25, -0.2) is 0 Å². The zero-order valence-electron chi connectivity index (χ0n) is 11.5. The number of amides is 1. The van der Waals surface area contributed by atoms with Crippen molar-refractivity contribution in [2.45, 2.75) is 45.9 Å². The molecule has 0 heterocycles. The summed E-state index contributed by atoms with van der Waals surface area (Å²) in [5.74, 6) is -0.148. The molecule has 0 fully saturated rings. The Bertz CT molecular complexity index is 393. The molecule has 1 atom stereocenters. The highest BCUT2D eigenvalue weighted by molar-refractivity contribution is 5.93. The second-order valence-corrected chi connectivity index (χ2v) is 5.26. The van der Waals surface area contributed by atoms with Crippen LogP contribution in [-0.4, -0.2) is 17.6 Å². The van der Waals surface area contributed by atoms with Crippen molar-refractivity contribution < 1.29 is 9.53 Å². The molecule has 0 aliphatic rings. The molecule has 4 heteroatoms. The third kappa shape index (κ3) is 4.85. The van der Waals surface area contributed by atoms with Gasteiger partial charge in [0.25, 0.3) is 5.91 Å². The highest BCUT2D eigenvalue weighted by atomic mass is 16.5. The number of nitrogens with one attached hydrogen (secondary N) is 1. The summed E-state index contributed by atoms with van der Waals surface area (Å²) in [5.41, 5.74) is 6.96. The number of benzene rings is 1. The summed E-state index contributed by atoms with van der Waals surface area (Å²) in [7, 11) is 0. The van der Waals surface area contributed by atoms with E-state index in [-0.39, 0.29) is 11.5 Å². The molecule has 0 aliphatic heterocycles. The van der Waals surface area contributed by atoms with Gasteiger partial charge in [0.15, 0.2) is 0 Å². The first-order valence-corrected chi connectivity index (χ1v) is 6.09. The molecule has 0 radical (unpaired) electrons. The minimum Gasteiger partial charge on any atom is -0.363 e. The molecule has 1 amide bonds. The van der Waals surface area contributed by atoms with Crippen molar-refractivity contribution >= 4 is 11.6 Å². The van der Waals surface area contributed by atoms with Crippen LogP contribution in [0.3, 0.4) is 0 Å². The van der Waals surface area contributed by atoms with Crippen molar-refractivity contribution in [1.82, 2.24) is 0 Å². The number of rotatable bonds is 4. The molecule has 1 rings (SSSR count). The molecular weight excluding hydrogens is 228 g/mol. The number of hydrogen-bond acceptors (Lipinski definition) is 3. The molecular formula is C14H22N2O2. The van der Waals surface area contributed by atoms with E-state index in [9.17, 15) is 4.79 Å². The lowest BCUT2D eigenvalue weighted by molar-refractivity contribution is -0.135. The summed E-state index contributed by atoms with van der Waals surface area (Å²) in [6, 6.07) is 7.46. The fourth-order valence-corrected chi connectivity index (χ4v) is 1.55. The standard InChI is InChI=1S/C14H22N2O2/c1-10(18-14(2,3)4)13(17)16-12-7-5-11(9-15)6-8-12/h5-8,10H,9,15H2,1-4H3,(H,16,17). The number of nitrogens with two attached hydrogens (primary N) is 1. The zero-order chi connectivity index (χ0) is 13.8. The van der Waals surface area contributed by atoms with E-state index in [4.69, 9.17) is 10.5 Å². The van der Waals surface area contributed by atoms with Crippen molar-refractivity contribution in [2.75, 3.05) is 5.32 Å². The van der Waals surface area contributed by atoms with Crippen molar-refractivity contribution in [3.05, 3.63) is 29.8 Å². The first kappa shape index (κ1) is 14.7. The first-order valence-electron chi connectivity index (χ1n) is 6.09. The van der Waals surface area contributed by atoms with Crippen LogP contribution < -0.4 is 11.1 Å². The minimum absolute atomic E-state index is 0.148. The Balaban J connectivity index is 2.58. The van der Waals surface area contributed by atoms with Gasteiger partial charge in [0.2, 0.25) is 0 Å². The average Bonchev–Trinajstić information content (AvgIpc) is 2.27. The summed E-state index contributed by atoms with van der Waals surface area (Å²) in [5, 5.41) is 2.81. The zero-order valence-corrected chi connectivity index (χ0v) is 11.5. The molecule has 0 saturated heterocycles. The Morgan fingerprint density at radius 2 is 1.89 bits per heavy atom. The molecule has 4 nitrogen and oxygen atoms in total. The van der Waals surface area contributed by atoms with Crippen molar-refractivity contribution in [3.8, 4) is 0 Å². The van der Waals surface area contributed by atoms with E-state index >= 15 is 0 Å². The molecule has 18 heavy (non-hydrogen) atoms. The van der Waals surface area contributed by atoms with Gasteiger partial charge >= 0.3 is 0 Å². The molecule has 0 saturated carbocycles. The molecule has 0 bridgehead atoms. The Kier molecular flexibility index (Phi) is 4.87. The van der Waals surface area contributed by atoms with Crippen LogP contribution in [0.4, 0.5) is 5.69 Å². The second-order valence-electron chi connectivity index (χ2n) is 5.26. The Morgan fingerprint density at radius 3 is 2.33 bits per heavy atom. The van der Waals surface area contributed by atoms with E-state index in [2.05, 4.69) is 5.32 Å². The topological polar surface area (TPSA) is 64.3 Å². The smallest absolute Gasteiger partial charge is 0.253 e. The molecule has 0 aliphatic carbocycles. The summed E-state index contributed by atoms with van der Waals surface area (Å²) in [6.07, 6.45) is -0.487. The van der Waals surface area contributed by atoms with E-state index in [0.717, 1.165) is 11.3 Å². The largest absolute Gasteiger partial charge is 0.363 e. The van der Waals surface area contributed by atoms with Crippen LogP contribution in [-0.2, 0) is 16.1 Å². The monoisotopic (exact) mass is 250 g/mol. The normalized spacial score (nSPS) is 13.2. The van der Waals surface area contributed by atoms with Crippen LogP contribution in [0, 0.1) is 0 Å². The fraction of sp³-hybridized carbons (Fsp3) is 0.500. The van der Waals surface area contributed by atoms with Crippen LogP contribution in [0.5, 0.6) is 0 Å². The van der Waals surface area contributed by atoms with Gasteiger partial charge < -0.3 is 15.8 Å². The van der Waals surface area contributed by atoms with Gasteiger partial charge in [-0.15, -0.1) is 0 Å². The Hall–Kier alpha value is -1.39. The average molecular weight is 250 g/mol. The van der Waals surface area contributed by atoms with Crippen LogP contribution in [0.1, 0.15) is 33.3 Å². The quantitative estimate of drug-likeness (QED) is 0.861. The van der Waals surface area contributed by atoms with Crippen molar-refractivity contribution in [2.24, 2.45) is 5.73 Å². The molecule has 100 valence electrons. The van der Waals surface area contributed by atoms with Crippen molar-refractivity contribution in [1.29, 1.82) is 0 Å². The minimum atomic E-state index is -0.487. The Labute approximate surface area is 109 Å². The number of carbonyl (C=O) groups is 1. The molecule has 3 N–H and O–H groups in total. The number of carbonyl (C=O) groups excluding carboxylic acids is 1. The second kappa shape index (κ2) is 5.98. The maximum atomic E-state index is 11.9. The maximum absolute atomic E-state index is 11.9. The van der Waals surface area contributed by atoms with Gasteiger partial charge in [-0.2, -0.15) is 0 Å². The van der Waals surface area contributed by atoms with Crippen LogP contribution in [0.25, 0.3) is 0 Å². The van der Waals surface area contributed by atoms with Gasteiger partial charge in [-0.3, -0.25) is 4.79 Å². The van der Waals surface area contributed by atoms with Gasteiger partial charge in [0.05, 0.1) is 5.60 Å². The highest BCUT2D eigenvalue weighted by Crippen LogP contribution is 2.13. The van der Waals surface area contributed by atoms with E-state index in [1.54, 1.807) is 6.92 Å². The summed E-state index contributed by atoms with van der Waals surface area (Å²) < 4.78 is 5.58. The van der Waals surface area contributed by atoms with Crippen LogP contribution in [0.2, 0.25) is 0 Å². The summed E-state index contributed by atoms with van der Waals surface area (Å²) in [6.45, 7) is 8.01. The van der Waals surface area contributed by atoms with Gasteiger partial charge in [0, 0.05) is 12.2 Å². The molecule has 0 spiro atoms. The fourth-order valence-electron chi connectivity index (χ4n) is 1.55. The molecule has 0 aromatic heterocycles. The summed E-state index contributed by atoms with van der Waals surface area (Å²) >= 11 is 0. The molecule has 1 aromatic carbocycles. The van der Waals surface area contributed by atoms with Crippen LogP contribution >= 0.6 is 0 Å². The molecule has 1 aromatic rings. The van der Waals surface area contributed by atoms with E-state index in [1.165, 1.54) is 0 Å². The predicted molar refractivity (Wildman–Crippen MR) is 73.3 cm³/mol. The van der Waals surface area contributed by atoms with E-state index < -0.39 is 6.10 Å². The lowest BCUT2D eigenvalue weighted by atomic mass is 10.2. The van der Waals surface area contributed by atoms with Crippen molar-refractivity contribution in [3.63, 3.8) is 0 Å². The van der Waals surface area contributed by atoms with Gasteiger partial charge in [-0.1, -0.05) is 12.1 Å². The van der Waals surface area contributed by atoms with E-state index in [1.807, 2.05) is 45.0 Å². The van der Waals surface area contributed by atoms with Crippen LogP contribution in [0.15, 0.2) is 24.3 Å². The van der Waals surface area contributed by atoms with E-state index in [0.29, 0.717) is 6.54 Å². The Morgan fingerprint density at radius 1 is 1.33 bits per heavy atom. The lowest BCUT2D eigenvalue weighted by Gasteiger charge is -2.24. The third-order valence-electron chi connectivity index (χ3n) is 2.36. The van der Waals surface area contributed by atoms with Gasteiger partial charge in [0.1, 0.15) is 6.10 Å². The molecule has 1 unspecified atom stereocenters. The third-order valence-corrected chi connectivity index (χ3v) is 2.36. The highest BCUT2D eigenvalue weighted by Gasteiger charge is 2.20. The number of ether oxygens (including phenoxy) is 1. The number of hydrogen-bond donors (Lipinski definition) is 2. The maximum Gasteiger partial charge on any atom is 0.253 e. The SMILES string of the molecule is CC(OC(C)(C)C)C(=O)Nc1ccc(CN)cc1. The number of anilines is 1. The van der Waals surface area contributed by atoms with Gasteiger partial charge in [-0.05, 0) is 45.4 Å². The summed E-state index contributed by atoms with van der Waals surface area (Å²) in [4.78, 5) is 11.9. The predicted octanol–water partition coefficient (Wildman–Crippen LogP) is 2.29.